The summed E-state index contributed by atoms with van der Waals surface area (Å²) in [5, 5.41) is 3.85. The number of hydrogen-bond donors (Lipinski definition) is 1. The zero-order valence-corrected chi connectivity index (χ0v) is 13.2. The van der Waals surface area contributed by atoms with Crippen LogP contribution in [0.25, 0.3) is 0 Å². The topological polar surface area (TPSA) is 58.1 Å². The first-order valence-electron chi connectivity index (χ1n) is 6.87. The van der Waals surface area contributed by atoms with E-state index in [1.807, 2.05) is 0 Å². The van der Waals surface area contributed by atoms with Crippen LogP contribution in [0.15, 0.2) is 24.4 Å². The van der Waals surface area contributed by atoms with Gasteiger partial charge in [-0.2, -0.15) is 8.75 Å². The van der Waals surface area contributed by atoms with Gasteiger partial charge in [0.25, 0.3) is 5.91 Å². The molecule has 1 amide bonds. The zero-order chi connectivity index (χ0) is 15.5. The molecule has 116 valence electrons. The summed E-state index contributed by atoms with van der Waals surface area (Å²) in [4.78, 5) is 13.9. The smallest absolute Gasteiger partial charge is 0.275 e. The summed E-state index contributed by atoms with van der Waals surface area (Å²) in [5.74, 6) is -0.401. The zero-order valence-electron chi connectivity index (χ0n) is 11.6. The second-order valence-corrected chi connectivity index (χ2v) is 6.11. The first-order valence-corrected chi connectivity index (χ1v) is 7.98. The van der Waals surface area contributed by atoms with Crippen molar-refractivity contribution in [3.63, 3.8) is 0 Å². The van der Waals surface area contributed by atoms with E-state index >= 15 is 0 Å². The van der Waals surface area contributed by atoms with Gasteiger partial charge in [0.1, 0.15) is 5.82 Å². The molecular formula is C14H14ClFN4OS. The Kier molecular flexibility index (Phi) is 4.66. The third kappa shape index (κ3) is 3.43. The minimum Gasteiger partial charge on any atom is -0.336 e. The van der Waals surface area contributed by atoms with E-state index in [0.717, 1.165) is 23.7 Å². The molecule has 0 spiro atoms. The average molecular weight is 341 g/mol. The van der Waals surface area contributed by atoms with Crippen LogP contribution in [-0.4, -0.2) is 38.7 Å². The molecule has 0 bridgehead atoms. The molecule has 8 heteroatoms. The van der Waals surface area contributed by atoms with Crippen molar-refractivity contribution in [2.45, 2.75) is 19.0 Å². The fraction of sp³-hybridized carbons (Fsp3) is 0.357. The van der Waals surface area contributed by atoms with Crippen molar-refractivity contribution in [2.24, 2.45) is 0 Å². The molecule has 0 saturated carbocycles. The Balaban J connectivity index is 1.55. The molecule has 0 unspecified atom stereocenters. The van der Waals surface area contributed by atoms with Crippen LogP contribution in [0, 0.1) is 5.82 Å². The van der Waals surface area contributed by atoms with E-state index in [0.29, 0.717) is 30.4 Å². The number of halogens is 2. The van der Waals surface area contributed by atoms with Crippen LogP contribution in [0.3, 0.4) is 0 Å². The lowest BCUT2D eigenvalue weighted by Crippen LogP contribution is -2.35. The highest BCUT2D eigenvalue weighted by Crippen LogP contribution is 2.18. The molecule has 1 N–H and O–H groups in total. The molecule has 1 aromatic carbocycles. The Labute approximate surface area is 136 Å². The van der Waals surface area contributed by atoms with Crippen LogP contribution in [0.5, 0.6) is 0 Å². The fourth-order valence-electron chi connectivity index (χ4n) is 2.47. The van der Waals surface area contributed by atoms with E-state index in [2.05, 4.69) is 14.1 Å². The van der Waals surface area contributed by atoms with Gasteiger partial charge < -0.3 is 10.2 Å². The molecule has 0 aliphatic carbocycles. The second kappa shape index (κ2) is 6.68. The van der Waals surface area contributed by atoms with Crippen molar-refractivity contribution >= 4 is 29.2 Å². The number of benzene rings is 1. The number of amides is 1. The molecule has 1 saturated heterocycles. The molecule has 5 nitrogen and oxygen atoms in total. The van der Waals surface area contributed by atoms with E-state index in [4.69, 9.17) is 11.6 Å². The third-order valence-electron chi connectivity index (χ3n) is 3.64. The lowest BCUT2D eigenvalue weighted by Gasteiger charge is -2.16. The van der Waals surface area contributed by atoms with E-state index in [1.54, 1.807) is 11.0 Å². The molecular weight excluding hydrogens is 327 g/mol. The minimum atomic E-state index is -0.305. The Bertz CT molecular complexity index is 667. The standard InChI is InChI=1S/C14H14ClFN4OS/c15-12-2-1-10(16)5-9(12)6-17-11-3-4-20(8-11)14(21)13-7-18-22-19-13/h1-2,5,7,11,17H,3-4,6,8H2/t11-/m0/s1. The predicted molar refractivity (Wildman–Crippen MR) is 82.5 cm³/mol. The summed E-state index contributed by atoms with van der Waals surface area (Å²) in [6, 6.07) is 4.47. The summed E-state index contributed by atoms with van der Waals surface area (Å²) in [6.07, 6.45) is 2.33. The van der Waals surface area contributed by atoms with Gasteiger partial charge in [0.15, 0.2) is 5.69 Å². The van der Waals surface area contributed by atoms with Gasteiger partial charge in [-0.3, -0.25) is 4.79 Å². The van der Waals surface area contributed by atoms with Gasteiger partial charge in [0.05, 0.1) is 17.9 Å². The number of carbonyl (C=O) groups is 1. The van der Waals surface area contributed by atoms with Crippen LogP contribution >= 0.6 is 23.3 Å². The van der Waals surface area contributed by atoms with Gasteiger partial charge in [-0.05, 0) is 30.2 Å². The maximum absolute atomic E-state index is 13.2. The Morgan fingerprint density at radius 2 is 2.41 bits per heavy atom. The first kappa shape index (κ1) is 15.3. The van der Waals surface area contributed by atoms with Crippen LogP contribution < -0.4 is 5.32 Å². The number of aromatic nitrogens is 2. The average Bonchev–Trinajstić information content (AvgIpc) is 3.19. The molecule has 1 atom stereocenters. The quantitative estimate of drug-likeness (QED) is 0.928. The second-order valence-electron chi connectivity index (χ2n) is 5.15. The van der Waals surface area contributed by atoms with Gasteiger partial charge in [0, 0.05) is 30.7 Å². The van der Waals surface area contributed by atoms with E-state index < -0.39 is 0 Å². The van der Waals surface area contributed by atoms with Crippen molar-refractivity contribution in [1.29, 1.82) is 0 Å². The monoisotopic (exact) mass is 340 g/mol. The van der Waals surface area contributed by atoms with Gasteiger partial charge in [-0.25, -0.2) is 4.39 Å². The third-order valence-corrected chi connectivity index (χ3v) is 4.49. The summed E-state index contributed by atoms with van der Waals surface area (Å²) in [5.41, 5.74) is 1.11. The largest absolute Gasteiger partial charge is 0.336 e. The minimum absolute atomic E-state index is 0.0955. The summed E-state index contributed by atoms with van der Waals surface area (Å²) < 4.78 is 21.0. The normalized spacial score (nSPS) is 17.9. The molecule has 1 aliphatic rings. The fourth-order valence-corrected chi connectivity index (χ4v) is 3.06. The molecule has 1 fully saturated rings. The van der Waals surface area contributed by atoms with Crippen molar-refractivity contribution < 1.29 is 9.18 Å². The van der Waals surface area contributed by atoms with Crippen LogP contribution in [0.1, 0.15) is 22.5 Å². The summed E-state index contributed by atoms with van der Waals surface area (Å²) in [6.45, 7) is 1.75. The van der Waals surface area contributed by atoms with Gasteiger partial charge in [-0.1, -0.05) is 11.6 Å². The number of nitrogens with one attached hydrogen (secondary N) is 1. The number of hydrogen-bond acceptors (Lipinski definition) is 5. The molecule has 2 heterocycles. The highest BCUT2D eigenvalue weighted by atomic mass is 35.5. The SMILES string of the molecule is O=C(c1cnsn1)N1CC[C@H](NCc2cc(F)ccc2Cl)C1. The van der Waals surface area contributed by atoms with Crippen LogP contribution in [-0.2, 0) is 6.54 Å². The van der Waals surface area contributed by atoms with E-state index in [9.17, 15) is 9.18 Å². The lowest BCUT2D eigenvalue weighted by atomic mass is 10.2. The van der Waals surface area contributed by atoms with E-state index in [1.165, 1.54) is 18.3 Å². The van der Waals surface area contributed by atoms with Crippen LogP contribution in [0.2, 0.25) is 5.02 Å². The highest BCUT2D eigenvalue weighted by Gasteiger charge is 2.27. The Morgan fingerprint density at radius 3 is 3.18 bits per heavy atom. The van der Waals surface area contributed by atoms with E-state index in [-0.39, 0.29) is 17.8 Å². The highest BCUT2D eigenvalue weighted by molar-refractivity contribution is 6.99. The van der Waals surface area contributed by atoms with Crippen molar-refractivity contribution in [3.05, 3.63) is 46.5 Å². The molecule has 3 rings (SSSR count). The number of rotatable bonds is 4. The molecule has 22 heavy (non-hydrogen) atoms. The van der Waals surface area contributed by atoms with Gasteiger partial charge >= 0.3 is 0 Å². The Hall–Kier alpha value is -1.57. The molecule has 1 aromatic heterocycles. The number of nitrogens with zero attached hydrogens (tertiary/aromatic N) is 3. The predicted octanol–water partition coefficient (Wildman–Crippen LogP) is 2.33. The lowest BCUT2D eigenvalue weighted by molar-refractivity contribution is 0.0784. The first-order chi connectivity index (χ1) is 10.6. The summed E-state index contributed by atoms with van der Waals surface area (Å²) in [7, 11) is 0. The summed E-state index contributed by atoms with van der Waals surface area (Å²) >= 11 is 7.07. The molecule has 1 aliphatic heterocycles. The van der Waals surface area contributed by atoms with Gasteiger partial charge in [0.2, 0.25) is 0 Å². The Morgan fingerprint density at radius 1 is 1.55 bits per heavy atom. The number of likely N-dealkylation sites (tertiary alicyclic amines) is 1. The van der Waals surface area contributed by atoms with Crippen molar-refractivity contribution in [3.8, 4) is 0 Å². The maximum Gasteiger partial charge on any atom is 0.275 e. The molecule has 2 aromatic rings. The van der Waals surface area contributed by atoms with Crippen molar-refractivity contribution in [1.82, 2.24) is 19.0 Å². The maximum atomic E-state index is 13.2. The van der Waals surface area contributed by atoms with Gasteiger partial charge in [-0.15, -0.1) is 0 Å². The van der Waals surface area contributed by atoms with Crippen molar-refractivity contribution in [2.75, 3.05) is 13.1 Å². The number of carbonyl (C=O) groups excluding carboxylic acids is 1. The van der Waals surface area contributed by atoms with Crippen LogP contribution in [0.4, 0.5) is 4.39 Å². The molecule has 0 radical (unpaired) electrons.